The van der Waals surface area contributed by atoms with Crippen molar-refractivity contribution in [3.05, 3.63) is 102 Å². The highest BCUT2D eigenvalue weighted by atomic mass is 19.1. The molecule has 3 N–H and O–H groups in total. The van der Waals surface area contributed by atoms with Crippen molar-refractivity contribution in [2.75, 3.05) is 31.5 Å². The lowest BCUT2D eigenvalue weighted by Crippen LogP contribution is -2.52. The third-order valence-electron chi connectivity index (χ3n) is 5.74. The van der Waals surface area contributed by atoms with Crippen molar-refractivity contribution < 1.29 is 9.18 Å². The maximum absolute atomic E-state index is 13.4. The number of anilines is 1. The fraction of sp³-hybridized carbons (Fsp3) is 0.240. The number of nitrogens with zero attached hydrogens (tertiary/aromatic N) is 2. The summed E-state index contributed by atoms with van der Waals surface area (Å²) in [4.78, 5) is 16.7. The highest BCUT2D eigenvalue weighted by Crippen LogP contribution is 2.33. The lowest BCUT2D eigenvalue weighted by Gasteiger charge is -2.41. The van der Waals surface area contributed by atoms with E-state index in [1.807, 2.05) is 36.4 Å². The van der Waals surface area contributed by atoms with E-state index in [2.05, 4.69) is 34.5 Å². The molecule has 0 aliphatic carbocycles. The Labute approximate surface area is 182 Å². The third kappa shape index (κ3) is 5.10. The Morgan fingerprint density at radius 1 is 0.839 bits per heavy atom. The van der Waals surface area contributed by atoms with Crippen LogP contribution in [0.1, 0.15) is 23.2 Å². The molecule has 1 saturated heterocycles. The summed E-state index contributed by atoms with van der Waals surface area (Å²) in [6.45, 7) is 2.56. The number of benzene rings is 3. The van der Waals surface area contributed by atoms with Gasteiger partial charge in [-0.15, -0.1) is 0 Å². The van der Waals surface area contributed by atoms with Gasteiger partial charge in [0.25, 0.3) is 0 Å². The molecule has 0 radical (unpaired) electrons. The van der Waals surface area contributed by atoms with E-state index < -0.39 is 0 Å². The summed E-state index contributed by atoms with van der Waals surface area (Å²) < 4.78 is 13.4. The molecule has 5 nitrogen and oxygen atoms in total. The van der Waals surface area contributed by atoms with Gasteiger partial charge in [-0.1, -0.05) is 66.7 Å². The molecule has 1 aliphatic rings. The summed E-state index contributed by atoms with van der Waals surface area (Å²) in [5, 5.41) is 2.78. The number of hydrogen-bond acceptors (Lipinski definition) is 3. The number of carbonyl (C=O) groups is 1. The Hall–Kier alpha value is -3.22. The maximum Gasteiger partial charge on any atom is 0.321 e. The normalized spacial score (nSPS) is 16.5. The average Bonchev–Trinajstić information content (AvgIpc) is 2.81. The number of hydrogen-bond donors (Lipinski definition) is 2. The van der Waals surface area contributed by atoms with E-state index in [1.165, 1.54) is 12.1 Å². The van der Waals surface area contributed by atoms with Crippen LogP contribution in [0.4, 0.5) is 14.9 Å². The van der Waals surface area contributed by atoms with E-state index in [9.17, 15) is 9.18 Å². The Balaban J connectivity index is 1.46. The fourth-order valence-electron chi connectivity index (χ4n) is 4.12. The van der Waals surface area contributed by atoms with Crippen LogP contribution in [0.15, 0.2) is 84.9 Å². The summed E-state index contributed by atoms with van der Waals surface area (Å²) in [5.41, 5.74) is 9.45. The molecule has 6 heteroatoms. The number of urea groups is 1. The Morgan fingerprint density at radius 3 is 2.06 bits per heavy atom. The molecule has 2 atom stereocenters. The van der Waals surface area contributed by atoms with Crippen LogP contribution in [0.2, 0.25) is 0 Å². The van der Waals surface area contributed by atoms with Gasteiger partial charge >= 0.3 is 6.03 Å². The van der Waals surface area contributed by atoms with Crippen LogP contribution in [0.3, 0.4) is 0 Å². The minimum atomic E-state index is -0.372. The van der Waals surface area contributed by atoms with Gasteiger partial charge in [0.05, 0.1) is 6.04 Å². The zero-order valence-electron chi connectivity index (χ0n) is 17.3. The first kappa shape index (κ1) is 21.0. The largest absolute Gasteiger partial charge is 0.322 e. The Bertz CT molecular complexity index is 991. The number of piperazine rings is 1. The molecule has 1 fully saturated rings. The summed E-state index contributed by atoms with van der Waals surface area (Å²) in [5.74, 6) is -0.372. The van der Waals surface area contributed by atoms with Crippen molar-refractivity contribution in [2.45, 2.75) is 12.1 Å². The Morgan fingerprint density at radius 2 is 1.45 bits per heavy atom. The second-order valence-electron chi connectivity index (χ2n) is 7.76. The number of rotatable bonds is 5. The van der Waals surface area contributed by atoms with Gasteiger partial charge in [0.15, 0.2) is 0 Å². The van der Waals surface area contributed by atoms with Crippen molar-refractivity contribution in [2.24, 2.45) is 5.73 Å². The standard InChI is InChI=1S/C25H27FN4O/c26-21-12-7-13-22(18-21)28-25(31)30-16-14-29(15-17-30)24(20-10-5-2-6-11-20)23(27)19-8-3-1-4-9-19/h1-13,18,23-24H,14-17,27H2,(H,28,31)/t23-,24+/m0/s1. The number of nitrogens with two attached hydrogens (primary N) is 1. The van der Waals surface area contributed by atoms with Crippen LogP contribution in [0.25, 0.3) is 0 Å². The van der Waals surface area contributed by atoms with E-state index in [0.29, 0.717) is 31.9 Å². The third-order valence-corrected chi connectivity index (χ3v) is 5.74. The van der Waals surface area contributed by atoms with Crippen LogP contribution >= 0.6 is 0 Å². The number of nitrogens with one attached hydrogen (secondary N) is 1. The molecule has 3 aromatic carbocycles. The first-order chi connectivity index (χ1) is 15.1. The topological polar surface area (TPSA) is 61.6 Å². The van der Waals surface area contributed by atoms with E-state index in [1.54, 1.807) is 17.0 Å². The lowest BCUT2D eigenvalue weighted by atomic mass is 9.92. The fourth-order valence-corrected chi connectivity index (χ4v) is 4.12. The molecular weight excluding hydrogens is 391 g/mol. The van der Waals surface area contributed by atoms with Crippen molar-refractivity contribution in [3.8, 4) is 0 Å². The highest BCUT2D eigenvalue weighted by molar-refractivity contribution is 5.89. The van der Waals surface area contributed by atoms with E-state index in [-0.39, 0.29) is 23.9 Å². The molecule has 1 aliphatic heterocycles. The molecule has 31 heavy (non-hydrogen) atoms. The van der Waals surface area contributed by atoms with Gasteiger partial charge in [0.2, 0.25) is 0 Å². The van der Waals surface area contributed by atoms with Gasteiger partial charge < -0.3 is 16.0 Å². The number of halogens is 1. The molecule has 0 aromatic heterocycles. The molecule has 0 spiro atoms. The van der Waals surface area contributed by atoms with Crippen LogP contribution in [-0.2, 0) is 0 Å². The first-order valence-corrected chi connectivity index (χ1v) is 10.5. The van der Waals surface area contributed by atoms with Gasteiger partial charge in [-0.3, -0.25) is 4.90 Å². The van der Waals surface area contributed by atoms with Crippen LogP contribution in [0.5, 0.6) is 0 Å². The molecule has 160 valence electrons. The molecule has 3 aromatic rings. The van der Waals surface area contributed by atoms with Gasteiger partial charge in [-0.25, -0.2) is 9.18 Å². The van der Waals surface area contributed by atoms with E-state index >= 15 is 0 Å². The minimum Gasteiger partial charge on any atom is -0.322 e. The number of amides is 2. The molecule has 0 bridgehead atoms. The van der Waals surface area contributed by atoms with E-state index in [4.69, 9.17) is 5.73 Å². The van der Waals surface area contributed by atoms with Crippen molar-refractivity contribution in [1.82, 2.24) is 9.80 Å². The second kappa shape index (κ2) is 9.73. The number of carbonyl (C=O) groups excluding carboxylic acids is 1. The molecular formula is C25H27FN4O. The van der Waals surface area contributed by atoms with Crippen molar-refractivity contribution in [3.63, 3.8) is 0 Å². The molecule has 2 amide bonds. The van der Waals surface area contributed by atoms with Gasteiger partial charge in [-0.05, 0) is 29.3 Å². The lowest BCUT2D eigenvalue weighted by molar-refractivity contribution is 0.100. The summed E-state index contributed by atoms with van der Waals surface area (Å²) in [7, 11) is 0. The minimum absolute atomic E-state index is 0.0111. The predicted molar refractivity (Wildman–Crippen MR) is 121 cm³/mol. The smallest absolute Gasteiger partial charge is 0.321 e. The van der Waals surface area contributed by atoms with Crippen molar-refractivity contribution >= 4 is 11.7 Å². The zero-order chi connectivity index (χ0) is 21.6. The SMILES string of the molecule is N[C@@H](c1ccccc1)[C@@H](c1ccccc1)N1CCN(C(=O)Nc2cccc(F)c2)CC1. The molecule has 4 rings (SSSR count). The summed E-state index contributed by atoms with van der Waals surface area (Å²) >= 11 is 0. The second-order valence-corrected chi connectivity index (χ2v) is 7.76. The highest BCUT2D eigenvalue weighted by Gasteiger charge is 2.31. The first-order valence-electron chi connectivity index (χ1n) is 10.5. The quantitative estimate of drug-likeness (QED) is 0.645. The summed E-state index contributed by atoms with van der Waals surface area (Å²) in [6, 6.07) is 25.9. The van der Waals surface area contributed by atoms with Crippen LogP contribution < -0.4 is 11.1 Å². The predicted octanol–water partition coefficient (Wildman–Crippen LogP) is 4.42. The summed E-state index contributed by atoms with van der Waals surface area (Å²) in [6.07, 6.45) is 0. The maximum atomic E-state index is 13.4. The van der Waals surface area contributed by atoms with Crippen molar-refractivity contribution in [1.29, 1.82) is 0 Å². The molecule has 0 saturated carbocycles. The average molecular weight is 419 g/mol. The van der Waals surface area contributed by atoms with Gasteiger partial charge in [0, 0.05) is 37.9 Å². The Kier molecular flexibility index (Phi) is 6.60. The van der Waals surface area contributed by atoms with Crippen LogP contribution in [0, 0.1) is 5.82 Å². The molecule has 1 heterocycles. The van der Waals surface area contributed by atoms with Gasteiger partial charge in [0.1, 0.15) is 5.82 Å². The van der Waals surface area contributed by atoms with E-state index in [0.717, 1.165) is 11.1 Å². The molecule has 0 unspecified atom stereocenters. The van der Waals surface area contributed by atoms with Crippen LogP contribution in [-0.4, -0.2) is 42.0 Å². The monoisotopic (exact) mass is 418 g/mol. The van der Waals surface area contributed by atoms with Gasteiger partial charge in [-0.2, -0.15) is 0 Å². The zero-order valence-corrected chi connectivity index (χ0v) is 17.3.